The van der Waals surface area contributed by atoms with Gasteiger partial charge in [0.15, 0.2) is 5.78 Å². The molecule has 0 aliphatic heterocycles. The molecular weight excluding hydrogens is 457 g/mol. The van der Waals surface area contributed by atoms with E-state index in [-0.39, 0.29) is 17.8 Å². The highest BCUT2D eigenvalue weighted by Gasteiger charge is 2.49. The second kappa shape index (κ2) is 7.44. The number of nitrogens with one attached hydrogen (secondary N) is 1. The summed E-state index contributed by atoms with van der Waals surface area (Å²) in [5, 5.41) is 0.722. The lowest BCUT2D eigenvalue weighted by molar-refractivity contribution is -0.0500. The normalized spacial score (nSPS) is 15.7. The maximum Gasteiger partial charge on any atom is 0.534 e. The van der Waals surface area contributed by atoms with E-state index in [1.165, 1.54) is 12.1 Å². The molecule has 0 bridgehead atoms. The Kier molecular flexibility index (Phi) is 5.19. The smallest absolute Gasteiger partial charge is 0.376 e. The number of nitrogens with zero attached hydrogens (tertiary/aromatic N) is 1. The zero-order chi connectivity index (χ0) is 24.3. The molecule has 1 aliphatic carbocycles. The molecule has 6 nitrogen and oxygen atoms in total. The minimum absolute atomic E-state index is 0.171. The van der Waals surface area contributed by atoms with Crippen molar-refractivity contribution < 1.29 is 30.6 Å². The van der Waals surface area contributed by atoms with Crippen LogP contribution in [0.2, 0.25) is 0 Å². The van der Waals surface area contributed by atoms with Gasteiger partial charge < -0.3 is 9.17 Å². The number of aromatic amines is 1. The van der Waals surface area contributed by atoms with Gasteiger partial charge >= 0.3 is 15.6 Å². The standard InChI is InChI=1S/C23H21F3N2O4S/c1-5-13-9-15-16(10-18(13)32-33(30,31)23(24,25)26)22(2,3)21-19(20(15)29)14-7-6-12(11-27-4)8-17(14)28-21/h6-11,28H,5H2,1-4H3. The predicted octanol–water partition coefficient (Wildman–Crippen LogP) is 4.88. The fourth-order valence-corrected chi connectivity index (χ4v) is 4.75. The molecule has 3 aromatic rings. The van der Waals surface area contributed by atoms with Crippen LogP contribution in [-0.2, 0) is 22.0 Å². The van der Waals surface area contributed by atoms with Gasteiger partial charge in [0, 0.05) is 40.8 Å². The number of aryl methyl sites for hydroxylation is 1. The van der Waals surface area contributed by atoms with E-state index < -0.39 is 26.8 Å². The van der Waals surface area contributed by atoms with Crippen LogP contribution in [-0.4, -0.2) is 38.0 Å². The molecule has 0 fully saturated rings. The fourth-order valence-electron chi connectivity index (χ4n) is 4.27. The Morgan fingerprint density at radius 1 is 1.18 bits per heavy atom. The summed E-state index contributed by atoms with van der Waals surface area (Å²) in [7, 11) is -4.21. The van der Waals surface area contributed by atoms with Gasteiger partial charge in [-0.15, -0.1) is 0 Å². The number of H-pyrrole nitrogens is 1. The summed E-state index contributed by atoms with van der Waals surface area (Å²) >= 11 is 0. The highest BCUT2D eigenvalue weighted by molar-refractivity contribution is 7.88. The van der Waals surface area contributed by atoms with Crippen molar-refractivity contribution in [1.29, 1.82) is 0 Å². The summed E-state index contributed by atoms with van der Waals surface area (Å²) < 4.78 is 66.6. The van der Waals surface area contributed by atoms with Crippen molar-refractivity contribution in [2.24, 2.45) is 4.99 Å². The molecule has 174 valence electrons. The van der Waals surface area contributed by atoms with Gasteiger partial charge in [-0.1, -0.05) is 32.9 Å². The fraction of sp³-hybridized carbons (Fsp3) is 0.304. The first-order valence-electron chi connectivity index (χ1n) is 10.1. The van der Waals surface area contributed by atoms with Gasteiger partial charge in [-0.2, -0.15) is 21.6 Å². The van der Waals surface area contributed by atoms with Crippen molar-refractivity contribution >= 4 is 33.0 Å². The van der Waals surface area contributed by atoms with E-state index in [4.69, 9.17) is 0 Å². The molecule has 0 spiro atoms. The van der Waals surface area contributed by atoms with Crippen molar-refractivity contribution in [3.05, 3.63) is 63.8 Å². The zero-order valence-electron chi connectivity index (χ0n) is 18.3. The second-order valence-electron chi connectivity index (χ2n) is 8.36. The van der Waals surface area contributed by atoms with E-state index in [9.17, 15) is 26.4 Å². The first kappa shape index (κ1) is 23.0. The van der Waals surface area contributed by atoms with Crippen LogP contribution in [0, 0.1) is 0 Å². The quantitative estimate of drug-likeness (QED) is 0.329. The molecule has 0 radical (unpaired) electrons. The van der Waals surface area contributed by atoms with Crippen LogP contribution in [0.1, 0.15) is 59.1 Å². The number of hydrogen-bond acceptors (Lipinski definition) is 5. The van der Waals surface area contributed by atoms with Crippen LogP contribution >= 0.6 is 0 Å². The van der Waals surface area contributed by atoms with Crippen LogP contribution in [0.25, 0.3) is 10.9 Å². The number of carbonyl (C=O) groups is 1. The Morgan fingerprint density at radius 3 is 2.48 bits per heavy atom. The number of aromatic nitrogens is 1. The van der Waals surface area contributed by atoms with Crippen molar-refractivity contribution in [3.63, 3.8) is 0 Å². The lowest BCUT2D eigenvalue weighted by Gasteiger charge is -2.33. The third kappa shape index (κ3) is 3.52. The molecule has 0 unspecified atom stereocenters. The van der Waals surface area contributed by atoms with Crippen molar-refractivity contribution in [1.82, 2.24) is 4.98 Å². The zero-order valence-corrected chi connectivity index (χ0v) is 19.1. The molecule has 1 heterocycles. The lowest BCUT2D eigenvalue weighted by atomic mass is 9.70. The van der Waals surface area contributed by atoms with Gasteiger partial charge in [0.05, 0.1) is 5.56 Å². The predicted molar refractivity (Wildman–Crippen MR) is 119 cm³/mol. The third-order valence-corrected chi connectivity index (χ3v) is 6.90. The number of halogens is 3. The molecule has 2 aromatic carbocycles. The van der Waals surface area contributed by atoms with Crippen molar-refractivity contribution in [3.8, 4) is 5.75 Å². The molecule has 33 heavy (non-hydrogen) atoms. The molecular formula is C23H21F3N2O4S. The van der Waals surface area contributed by atoms with E-state index in [0.29, 0.717) is 22.4 Å². The Morgan fingerprint density at radius 2 is 1.88 bits per heavy atom. The Hall–Kier alpha value is -3.14. The van der Waals surface area contributed by atoms with E-state index in [1.54, 1.807) is 20.2 Å². The molecule has 0 atom stereocenters. The van der Waals surface area contributed by atoms with E-state index >= 15 is 0 Å². The number of carbonyl (C=O) groups excluding carboxylic acids is 1. The summed E-state index contributed by atoms with van der Waals surface area (Å²) in [6.45, 7) is 5.27. The number of rotatable bonds is 4. The van der Waals surface area contributed by atoms with E-state index in [2.05, 4.69) is 14.2 Å². The van der Waals surface area contributed by atoms with Crippen LogP contribution in [0.4, 0.5) is 13.2 Å². The molecule has 10 heteroatoms. The average Bonchev–Trinajstić information content (AvgIpc) is 3.11. The van der Waals surface area contributed by atoms with Gasteiger partial charge in [0.2, 0.25) is 0 Å². The number of benzene rings is 2. The van der Waals surface area contributed by atoms with Gasteiger partial charge in [-0.05, 0) is 41.3 Å². The molecule has 1 aromatic heterocycles. The monoisotopic (exact) mass is 478 g/mol. The maximum absolute atomic E-state index is 13.5. The van der Waals surface area contributed by atoms with Crippen molar-refractivity contribution in [2.45, 2.75) is 38.1 Å². The van der Waals surface area contributed by atoms with E-state index in [0.717, 1.165) is 16.5 Å². The molecule has 0 saturated carbocycles. The SMILES string of the molecule is CCc1cc2c(cc1OS(=O)(=O)C(F)(F)F)C(C)(C)c1[nH]c3cc(C=NC)ccc3c1C2=O. The minimum atomic E-state index is -5.86. The van der Waals surface area contributed by atoms with Crippen molar-refractivity contribution in [2.75, 3.05) is 7.05 Å². The average molecular weight is 478 g/mol. The van der Waals surface area contributed by atoms with Crippen LogP contribution in [0.15, 0.2) is 35.3 Å². The summed E-state index contributed by atoms with van der Waals surface area (Å²) in [6, 6.07) is 8.19. The highest BCUT2D eigenvalue weighted by atomic mass is 32.2. The number of fused-ring (bicyclic) bond motifs is 4. The topological polar surface area (TPSA) is 88.6 Å². The number of hydrogen-bond donors (Lipinski definition) is 1. The van der Waals surface area contributed by atoms with Crippen LogP contribution in [0.5, 0.6) is 5.75 Å². The molecule has 1 aliphatic rings. The lowest BCUT2D eigenvalue weighted by Crippen LogP contribution is -2.32. The first-order valence-corrected chi connectivity index (χ1v) is 11.5. The summed E-state index contributed by atoms with van der Waals surface area (Å²) in [6.07, 6.45) is 1.85. The summed E-state index contributed by atoms with van der Waals surface area (Å²) in [5.74, 6) is -0.724. The highest BCUT2D eigenvalue weighted by Crippen LogP contribution is 2.46. The van der Waals surface area contributed by atoms with E-state index in [1.807, 2.05) is 32.0 Å². The van der Waals surface area contributed by atoms with Gasteiger partial charge in [0.25, 0.3) is 0 Å². The molecule has 0 saturated heterocycles. The summed E-state index contributed by atoms with van der Waals surface area (Å²) in [5.41, 5.74) is -2.89. The largest absolute Gasteiger partial charge is 0.534 e. The Balaban J connectivity index is 1.93. The van der Waals surface area contributed by atoms with Gasteiger partial charge in [0.1, 0.15) is 5.75 Å². The number of aliphatic imine (C=N–C) groups is 1. The van der Waals surface area contributed by atoms with Crippen LogP contribution in [0.3, 0.4) is 0 Å². The maximum atomic E-state index is 13.5. The first-order chi connectivity index (χ1) is 15.3. The Bertz CT molecular complexity index is 1430. The molecule has 0 amide bonds. The summed E-state index contributed by atoms with van der Waals surface area (Å²) in [4.78, 5) is 20.8. The van der Waals surface area contributed by atoms with Gasteiger partial charge in [-0.3, -0.25) is 9.79 Å². The van der Waals surface area contributed by atoms with Crippen LogP contribution < -0.4 is 4.18 Å². The Labute approximate surface area is 188 Å². The third-order valence-electron chi connectivity index (χ3n) is 5.94. The molecule has 1 N–H and O–H groups in total. The second-order valence-corrected chi connectivity index (χ2v) is 9.90. The van der Waals surface area contributed by atoms with Gasteiger partial charge in [-0.25, -0.2) is 0 Å². The number of ketones is 1. The number of alkyl halides is 3. The molecule has 4 rings (SSSR count). The minimum Gasteiger partial charge on any atom is -0.376 e.